The summed E-state index contributed by atoms with van der Waals surface area (Å²) in [5, 5.41) is 2.78. The first-order valence-corrected chi connectivity index (χ1v) is 9.06. The molecule has 2 rings (SSSR count). The lowest BCUT2D eigenvalue weighted by molar-refractivity contribution is -0.155. The molecular weight excluding hydrogens is 342 g/mol. The summed E-state index contributed by atoms with van der Waals surface area (Å²) in [4.78, 5) is 24.2. The minimum atomic E-state index is -0.912. The quantitative estimate of drug-likeness (QED) is 0.736. The first kappa shape index (κ1) is 20.5. The second-order valence-corrected chi connectivity index (χ2v) is 6.95. The molecule has 0 unspecified atom stereocenters. The van der Waals surface area contributed by atoms with E-state index < -0.39 is 12.1 Å². The minimum absolute atomic E-state index is 0.248. The lowest BCUT2D eigenvalue weighted by Crippen LogP contribution is -2.31. The molecule has 0 spiro atoms. The number of amides is 1. The van der Waals surface area contributed by atoms with Gasteiger partial charge in [-0.1, -0.05) is 43.7 Å². The first-order chi connectivity index (χ1) is 12.8. The summed E-state index contributed by atoms with van der Waals surface area (Å²) < 4.78 is 10.6. The lowest BCUT2D eigenvalue weighted by atomic mass is 10.0. The number of hydrogen-bond acceptors (Lipinski definition) is 4. The number of ether oxygens (including phenoxy) is 2. The van der Waals surface area contributed by atoms with Gasteiger partial charge in [0.05, 0.1) is 0 Å². The Morgan fingerprint density at radius 2 is 1.67 bits per heavy atom. The highest BCUT2D eigenvalue weighted by atomic mass is 16.6. The molecule has 0 saturated carbocycles. The van der Waals surface area contributed by atoms with E-state index in [0.29, 0.717) is 17.4 Å². The number of aryl methyl sites for hydroxylation is 2. The van der Waals surface area contributed by atoms with Gasteiger partial charge in [-0.3, -0.25) is 4.79 Å². The number of nitrogens with one attached hydrogen (secondary N) is 1. The highest BCUT2D eigenvalue weighted by Crippen LogP contribution is 2.19. The van der Waals surface area contributed by atoms with Gasteiger partial charge in [-0.15, -0.1) is 0 Å². The second kappa shape index (κ2) is 9.21. The van der Waals surface area contributed by atoms with Gasteiger partial charge < -0.3 is 14.8 Å². The maximum absolute atomic E-state index is 12.2. The van der Waals surface area contributed by atoms with E-state index in [1.807, 2.05) is 56.3 Å². The van der Waals surface area contributed by atoms with E-state index in [-0.39, 0.29) is 12.5 Å². The van der Waals surface area contributed by atoms with Gasteiger partial charge in [-0.25, -0.2) is 4.79 Å². The molecule has 0 aromatic heterocycles. The maximum Gasteiger partial charge on any atom is 0.344 e. The molecular formula is C22H27NO4. The Labute approximate surface area is 160 Å². The van der Waals surface area contributed by atoms with Crippen LogP contribution in [0.3, 0.4) is 0 Å². The zero-order chi connectivity index (χ0) is 20.0. The summed E-state index contributed by atoms with van der Waals surface area (Å²) in [6, 6.07) is 13.3. The summed E-state index contributed by atoms with van der Waals surface area (Å²) >= 11 is 0. The van der Waals surface area contributed by atoms with Crippen LogP contribution in [0.25, 0.3) is 0 Å². The molecule has 5 heteroatoms. The van der Waals surface area contributed by atoms with Crippen LogP contribution in [0.2, 0.25) is 0 Å². The smallest absolute Gasteiger partial charge is 0.344 e. The van der Waals surface area contributed by atoms with E-state index in [1.165, 1.54) is 12.5 Å². The van der Waals surface area contributed by atoms with E-state index in [1.54, 1.807) is 0 Å². The van der Waals surface area contributed by atoms with Gasteiger partial charge in [-0.05, 0) is 56.0 Å². The van der Waals surface area contributed by atoms with Crippen LogP contribution in [0.15, 0.2) is 42.5 Å². The van der Waals surface area contributed by atoms with E-state index in [4.69, 9.17) is 9.47 Å². The predicted molar refractivity (Wildman–Crippen MR) is 106 cm³/mol. The molecule has 0 bridgehead atoms. The Morgan fingerprint density at radius 3 is 2.26 bits per heavy atom. The molecule has 1 N–H and O–H groups in total. The monoisotopic (exact) mass is 369 g/mol. The van der Waals surface area contributed by atoms with Crippen molar-refractivity contribution in [1.29, 1.82) is 0 Å². The van der Waals surface area contributed by atoms with Crippen LogP contribution in [0.5, 0.6) is 5.75 Å². The largest absolute Gasteiger partial charge is 0.482 e. The van der Waals surface area contributed by atoms with E-state index in [0.717, 1.165) is 11.1 Å². The van der Waals surface area contributed by atoms with Crippen LogP contribution >= 0.6 is 0 Å². The Balaban J connectivity index is 1.82. The van der Waals surface area contributed by atoms with Crippen molar-refractivity contribution in [2.75, 3.05) is 11.9 Å². The van der Waals surface area contributed by atoms with Crippen LogP contribution in [0, 0.1) is 13.8 Å². The standard InChI is InChI=1S/C22H27NO4/c1-14(2)18-7-9-19(10-8-18)26-13-21(24)27-17(5)22(25)23-20-11-6-15(3)12-16(20)4/h6-12,14,17H,13H2,1-5H3,(H,23,25)/t17-/m1/s1. The Kier molecular flexibility index (Phi) is 6.99. The Hall–Kier alpha value is -2.82. The zero-order valence-corrected chi connectivity index (χ0v) is 16.5. The average molecular weight is 369 g/mol. The van der Waals surface area contributed by atoms with Crippen molar-refractivity contribution in [3.8, 4) is 5.75 Å². The van der Waals surface area contributed by atoms with Crippen molar-refractivity contribution < 1.29 is 19.1 Å². The van der Waals surface area contributed by atoms with Crippen molar-refractivity contribution >= 4 is 17.6 Å². The van der Waals surface area contributed by atoms with E-state index in [2.05, 4.69) is 19.2 Å². The lowest BCUT2D eigenvalue weighted by Gasteiger charge is -2.15. The summed E-state index contributed by atoms with van der Waals surface area (Å²) in [5.74, 6) is 0.0482. The van der Waals surface area contributed by atoms with Crippen molar-refractivity contribution in [3.63, 3.8) is 0 Å². The number of anilines is 1. The molecule has 1 amide bonds. The average Bonchev–Trinajstić information content (AvgIpc) is 2.62. The number of hydrogen-bond donors (Lipinski definition) is 1. The summed E-state index contributed by atoms with van der Waals surface area (Å²) in [6.07, 6.45) is -0.912. The number of carbonyl (C=O) groups excluding carboxylic acids is 2. The minimum Gasteiger partial charge on any atom is -0.482 e. The fourth-order valence-electron chi connectivity index (χ4n) is 2.56. The number of benzene rings is 2. The summed E-state index contributed by atoms with van der Waals surface area (Å²) in [7, 11) is 0. The number of carbonyl (C=O) groups is 2. The maximum atomic E-state index is 12.2. The van der Waals surface area contributed by atoms with Crippen LogP contribution in [-0.2, 0) is 14.3 Å². The van der Waals surface area contributed by atoms with Gasteiger partial charge in [0.25, 0.3) is 5.91 Å². The van der Waals surface area contributed by atoms with Gasteiger partial charge >= 0.3 is 5.97 Å². The van der Waals surface area contributed by atoms with Gasteiger partial charge in [0.15, 0.2) is 12.7 Å². The Bertz CT molecular complexity index is 796. The van der Waals surface area contributed by atoms with Crippen LogP contribution < -0.4 is 10.1 Å². The molecule has 0 saturated heterocycles. The van der Waals surface area contributed by atoms with Gasteiger partial charge in [-0.2, -0.15) is 0 Å². The zero-order valence-electron chi connectivity index (χ0n) is 16.5. The molecule has 5 nitrogen and oxygen atoms in total. The highest BCUT2D eigenvalue weighted by molar-refractivity contribution is 5.95. The van der Waals surface area contributed by atoms with Crippen molar-refractivity contribution in [2.45, 2.75) is 46.6 Å². The molecule has 2 aromatic carbocycles. The number of rotatable bonds is 7. The van der Waals surface area contributed by atoms with Crippen molar-refractivity contribution in [1.82, 2.24) is 0 Å². The van der Waals surface area contributed by atoms with Gasteiger partial charge in [0.2, 0.25) is 0 Å². The SMILES string of the molecule is Cc1ccc(NC(=O)[C@@H](C)OC(=O)COc2ccc(C(C)C)cc2)c(C)c1. The fourth-order valence-corrected chi connectivity index (χ4v) is 2.56. The first-order valence-electron chi connectivity index (χ1n) is 9.06. The molecule has 144 valence electrons. The normalized spacial score (nSPS) is 11.8. The molecule has 0 fully saturated rings. The Morgan fingerprint density at radius 1 is 1.00 bits per heavy atom. The van der Waals surface area contributed by atoms with Crippen LogP contribution in [-0.4, -0.2) is 24.6 Å². The molecule has 0 aliphatic heterocycles. The second-order valence-electron chi connectivity index (χ2n) is 6.95. The third-order valence-corrected chi connectivity index (χ3v) is 4.22. The third kappa shape index (κ3) is 6.13. The highest BCUT2D eigenvalue weighted by Gasteiger charge is 2.19. The predicted octanol–water partition coefficient (Wildman–Crippen LogP) is 4.38. The fraction of sp³-hybridized carbons (Fsp3) is 0.364. The topological polar surface area (TPSA) is 64.6 Å². The summed E-state index contributed by atoms with van der Waals surface area (Å²) in [5.41, 5.74) is 3.97. The molecule has 1 atom stereocenters. The van der Waals surface area contributed by atoms with Crippen molar-refractivity contribution in [2.24, 2.45) is 0 Å². The third-order valence-electron chi connectivity index (χ3n) is 4.22. The molecule has 0 aliphatic carbocycles. The van der Waals surface area contributed by atoms with Gasteiger partial charge in [0.1, 0.15) is 5.75 Å². The van der Waals surface area contributed by atoms with E-state index >= 15 is 0 Å². The molecule has 0 aliphatic rings. The van der Waals surface area contributed by atoms with Crippen LogP contribution in [0.1, 0.15) is 43.4 Å². The molecule has 2 aromatic rings. The van der Waals surface area contributed by atoms with Gasteiger partial charge in [0, 0.05) is 5.69 Å². The molecule has 0 radical (unpaired) electrons. The number of esters is 1. The van der Waals surface area contributed by atoms with E-state index in [9.17, 15) is 9.59 Å². The molecule has 27 heavy (non-hydrogen) atoms. The van der Waals surface area contributed by atoms with Crippen molar-refractivity contribution in [3.05, 3.63) is 59.2 Å². The molecule has 0 heterocycles. The van der Waals surface area contributed by atoms with Crippen LogP contribution in [0.4, 0.5) is 5.69 Å². The summed E-state index contributed by atoms with van der Waals surface area (Å²) in [6.45, 7) is 9.41.